The molecule has 0 atom stereocenters. The zero-order valence-electron chi connectivity index (χ0n) is 10.9. The van der Waals surface area contributed by atoms with Crippen molar-refractivity contribution >= 4 is 11.6 Å². The molecule has 18 heavy (non-hydrogen) atoms. The summed E-state index contributed by atoms with van der Waals surface area (Å²) in [7, 11) is 1.77. The highest BCUT2D eigenvalue weighted by atomic mass is 35.5. The van der Waals surface area contributed by atoms with Gasteiger partial charge in [0.05, 0.1) is 10.7 Å². The van der Waals surface area contributed by atoms with Crippen molar-refractivity contribution < 1.29 is 0 Å². The van der Waals surface area contributed by atoms with Gasteiger partial charge in [0, 0.05) is 18.2 Å². The molecule has 0 bridgehead atoms. The van der Waals surface area contributed by atoms with Crippen LogP contribution in [0.5, 0.6) is 0 Å². The zero-order chi connectivity index (χ0) is 13.4. The molecule has 0 N–H and O–H groups in total. The molecule has 0 spiro atoms. The summed E-state index contributed by atoms with van der Waals surface area (Å²) in [5.74, 6) is 0. The summed E-state index contributed by atoms with van der Waals surface area (Å²) in [6.07, 6.45) is 0. The lowest BCUT2D eigenvalue weighted by molar-refractivity contribution is 0.758. The van der Waals surface area contributed by atoms with Crippen molar-refractivity contribution in [2.75, 3.05) is 0 Å². The molecule has 0 aliphatic carbocycles. The largest absolute Gasteiger partial charge is 0.257 e. The van der Waals surface area contributed by atoms with Gasteiger partial charge in [-0.05, 0) is 44.0 Å². The maximum absolute atomic E-state index is 9.08. The molecule has 92 valence electrons. The Bertz CT molecular complexity index is 663. The maximum Gasteiger partial charge on any atom is 0.141 e. The Morgan fingerprint density at radius 1 is 1.22 bits per heavy atom. The Morgan fingerprint density at radius 3 is 2.39 bits per heavy atom. The molecule has 0 aliphatic heterocycles. The van der Waals surface area contributed by atoms with E-state index >= 15 is 0 Å². The lowest BCUT2D eigenvalue weighted by Gasteiger charge is -2.07. The average Bonchev–Trinajstić information content (AvgIpc) is 2.59. The van der Waals surface area contributed by atoms with Crippen LogP contribution < -0.4 is 0 Å². The number of nitriles is 1. The molecule has 0 saturated heterocycles. The van der Waals surface area contributed by atoms with E-state index in [4.69, 9.17) is 16.9 Å². The normalized spacial score (nSPS) is 10.4. The number of hydrogen-bond acceptors (Lipinski definition) is 2. The average molecular weight is 260 g/mol. The summed E-state index contributed by atoms with van der Waals surface area (Å²) in [6.45, 7) is 5.96. The van der Waals surface area contributed by atoms with Gasteiger partial charge in [-0.2, -0.15) is 10.4 Å². The summed E-state index contributed by atoms with van der Waals surface area (Å²) in [4.78, 5) is 0. The van der Waals surface area contributed by atoms with Crippen LogP contribution >= 0.6 is 11.6 Å². The SMILES string of the molecule is Cc1cc(Cl)c(-c2nn(C)c(C#N)c2C)cc1C. The van der Waals surface area contributed by atoms with Gasteiger partial charge in [-0.25, -0.2) is 0 Å². The minimum Gasteiger partial charge on any atom is -0.257 e. The molecular weight excluding hydrogens is 246 g/mol. The van der Waals surface area contributed by atoms with E-state index in [-0.39, 0.29) is 0 Å². The molecule has 2 rings (SSSR count). The second kappa shape index (κ2) is 4.47. The first-order valence-electron chi connectivity index (χ1n) is 5.66. The Hall–Kier alpha value is -1.79. The van der Waals surface area contributed by atoms with Crippen LogP contribution in [0.25, 0.3) is 11.3 Å². The Morgan fingerprint density at radius 2 is 1.83 bits per heavy atom. The van der Waals surface area contributed by atoms with Crippen LogP contribution in [0.4, 0.5) is 0 Å². The fourth-order valence-electron chi connectivity index (χ4n) is 2.00. The van der Waals surface area contributed by atoms with Crippen LogP contribution in [0.2, 0.25) is 5.02 Å². The van der Waals surface area contributed by atoms with Crippen molar-refractivity contribution in [3.8, 4) is 17.3 Å². The van der Waals surface area contributed by atoms with Gasteiger partial charge in [-0.3, -0.25) is 4.68 Å². The zero-order valence-corrected chi connectivity index (χ0v) is 11.6. The number of halogens is 1. The molecule has 0 saturated carbocycles. The van der Waals surface area contributed by atoms with Crippen LogP contribution in [-0.2, 0) is 7.05 Å². The van der Waals surface area contributed by atoms with Gasteiger partial charge in [0.1, 0.15) is 11.8 Å². The fraction of sp³-hybridized carbons (Fsp3) is 0.286. The van der Waals surface area contributed by atoms with E-state index in [1.807, 2.05) is 32.9 Å². The van der Waals surface area contributed by atoms with E-state index in [9.17, 15) is 0 Å². The minimum atomic E-state index is 0.569. The highest BCUT2D eigenvalue weighted by molar-refractivity contribution is 6.33. The number of benzene rings is 1. The van der Waals surface area contributed by atoms with Gasteiger partial charge in [0.15, 0.2) is 0 Å². The van der Waals surface area contributed by atoms with E-state index in [0.717, 1.165) is 27.9 Å². The predicted octanol–water partition coefficient (Wildman–Crippen LogP) is 3.54. The summed E-state index contributed by atoms with van der Waals surface area (Å²) in [5.41, 5.74) is 5.41. The van der Waals surface area contributed by atoms with Crippen LogP contribution in [-0.4, -0.2) is 9.78 Å². The molecule has 0 radical (unpaired) electrons. The third kappa shape index (κ3) is 1.89. The second-order valence-corrected chi connectivity index (χ2v) is 4.88. The quantitative estimate of drug-likeness (QED) is 0.786. The second-order valence-electron chi connectivity index (χ2n) is 4.47. The first-order chi connectivity index (χ1) is 8.45. The highest BCUT2D eigenvalue weighted by Crippen LogP contribution is 2.32. The molecule has 1 aromatic heterocycles. The lowest BCUT2D eigenvalue weighted by Crippen LogP contribution is -1.94. The first-order valence-corrected chi connectivity index (χ1v) is 6.04. The lowest BCUT2D eigenvalue weighted by atomic mass is 10.0. The Labute approximate surface area is 112 Å². The number of rotatable bonds is 1. The van der Waals surface area contributed by atoms with Crippen LogP contribution in [0, 0.1) is 32.1 Å². The van der Waals surface area contributed by atoms with Crippen LogP contribution in [0.15, 0.2) is 12.1 Å². The van der Waals surface area contributed by atoms with Gasteiger partial charge in [0.2, 0.25) is 0 Å². The van der Waals surface area contributed by atoms with E-state index in [1.165, 1.54) is 0 Å². The van der Waals surface area contributed by atoms with E-state index < -0.39 is 0 Å². The summed E-state index contributed by atoms with van der Waals surface area (Å²) in [6, 6.07) is 6.12. The summed E-state index contributed by atoms with van der Waals surface area (Å²) < 4.78 is 1.59. The Balaban J connectivity index is 2.71. The third-order valence-electron chi connectivity index (χ3n) is 3.23. The molecule has 1 aromatic carbocycles. The molecular formula is C14H14ClN3. The van der Waals surface area contributed by atoms with E-state index in [0.29, 0.717) is 10.7 Å². The molecule has 1 heterocycles. The number of aryl methyl sites for hydroxylation is 3. The number of nitrogens with zero attached hydrogens (tertiary/aromatic N) is 3. The molecule has 3 nitrogen and oxygen atoms in total. The molecule has 0 aliphatic rings. The van der Waals surface area contributed by atoms with E-state index in [1.54, 1.807) is 11.7 Å². The van der Waals surface area contributed by atoms with Gasteiger partial charge >= 0.3 is 0 Å². The topological polar surface area (TPSA) is 41.6 Å². The van der Waals surface area contributed by atoms with Gasteiger partial charge in [0.25, 0.3) is 0 Å². The third-order valence-corrected chi connectivity index (χ3v) is 3.54. The van der Waals surface area contributed by atoms with Crippen molar-refractivity contribution in [2.24, 2.45) is 7.05 Å². The smallest absolute Gasteiger partial charge is 0.141 e. The Kier molecular flexibility index (Phi) is 3.14. The van der Waals surface area contributed by atoms with Crippen molar-refractivity contribution in [2.45, 2.75) is 20.8 Å². The first kappa shape index (κ1) is 12.7. The van der Waals surface area contributed by atoms with Gasteiger partial charge < -0.3 is 0 Å². The number of aromatic nitrogens is 2. The van der Waals surface area contributed by atoms with Crippen LogP contribution in [0.1, 0.15) is 22.4 Å². The minimum absolute atomic E-state index is 0.569. The highest BCUT2D eigenvalue weighted by Gasteiger charge is 2.16. The van der Waals surface area contributed by atoms with E-state index in [2.05, 4.69) is 11.2 Å². The summed E-state index contributed by atoms with van der Waals surface area (Å²) in [5, 5.41) is 14.1. The molecule has 2 aromatic rings. The standard InChI is InChI=1S/C14H14ClN3/c1-8-5-11(12(15)6-9(8)2)14-10(3)13(7-16)18(4)17-14/h5-6H,1-4H3. The van der Waals surface area contributed by atoms with Crippen molar-refractivity contribution in [3.63, 3.8) is 0 Å². The molecule has 0 amide bonds. The molecule has 4 heteroatoms. The summed E-state index contributed by atoms with van der Waals surface area (Å²) >= 11 is 6.28. The van der Waals surface area contributed by atoms with Crippen molar-refractivity contribution in [3.05, 3.63) is 39.5 Å². The molecule has 0 unspecified atom stereocenters. The van der Waals surface area contributed by atoms with Gasteiger partial charge in [-0.15, -0.1) is 0 Å². The van der Waals surface area contributed by atoms with Crippen molar-refractivity contribution in [1.82, 2.24) is 9.78 Å². The van der Waals surface area contributed by atoms with Crippen LogP contribution in [0.3, 0.4) is 0 Å². The predicted molar refractivity (Wildman–Crippen MR) is 72.6 cm³/mol. The number of hydrogen-bond donors (Lipinski definition) is 0. The fourth-order valence-corrected chi connectivity index (χ4v) is 2.31. The van der Waals surface area contributed by atoms with Crippen molar-refractivity contribution in [1.29, 1.82) is 5.26 Å². The van der Waals surface area contributed by atoms with Gasteiger partial charge in [-0.1, -0.05) is 11.6 Å². The maximum atomic E-state index is 9.08. The molecule has 0 fully saturated rings. The monoisotopic (exact) mass is 259 g/mol.